The van der Waals surface area contributed by atoms with E-state index in [0.717, 1.165) is 0 Å². The molecular formula is C9H11FNO2PS. The van der Waals surface area contributed by atoms with E-state index in [1.165, 1.54) is 13.2 Å². The lowest BCUT2D eigenvalue weighted by molar-refractivity contribution is 0.228. The van der Waals surface area contributed by atoms with Crippen molar-refractivity contribution in [2.24, 2.45) is 0 Å². The van der Waals surface area contributed by atoms with Gasteiger partial charge in [-0.3, -0.25) is 0 Å². The van der Waals surface area contributed by atoms with Crippen molar-refractivity contribution in [2.45, 2.75) is 6.10 Å². The van der Waals surface area contributed by atoms with Crippen LogP contribution in [0.5, 0.6) is 0 Å². The van der Waals surface area contributed by atoms with Gasteiger partial charge in [0.05, 0.1) is 0 Å². The zero-order valence-corrected chi connectivity index (χ0v) is 9.85. The van der Waals surface area contributed by atoms with E-state index in [2.05, 4.69) is 5.09 Å². The molecule has 0 amide bonds. The summed E-state index contributed by atoms with van der Waals surface area (Å²) in [5.74, 6) is -0.274. The Morgan fingerprint density at radius 3 is 2.93 bits per heavy atom. The Balaban J connectivity index is 2.22. The Bertz CT molecular complexity index is 415. The maximum atomic E-state index is 13.4. The molecule has 15 heavy (non-hydrogen) atoms. The van der Waals surface area contributed by atoms with E-state index in [9.17, 15) is 4.39 Å². The van der Waals surface area contributed by atoms with E-state index < -0.39 is 6.64 Å². The van der Waals surface area contributed by atoms with Crippen LogP contribution in [0.4, 0.5) is 4.39 Å². The highest BCUT2D eigenvalue weighted by molar-refractivity contribution is 8.09. The van der Waals surface area contributed by atoms with Gasteiger partial charge in [0, 0.05) is 19.2 Å². The summed E-state index contributed by atoms with van der Waals surface area (Å²) in [6.07, 6.45) is -0.350. The Morgan fingerprint density at radius 1 is 1.60 bits per heavy atom. The first-order valence-corrected chi connectivity index (χ1v) is 7.12. The summed E-state index contributed by atoms with van der Waals surface area (Å²) in [6, 6.07) is 6.53. The molecule has 1 aliphatic rings. The molecule has 1 fully saturated rings. The molecule has 2 atom stereocenters. The molecule has 0 saturated carbocycles. The van der Waals surface area contributed by atoms with Crippen molar-refractivity contribution in [1.82, 2.24) is 5.09 Å². The fourth-order valence-electron chi connectivity index (χ4n) is 1.45. The lowest BCUT2D eigenvalue weighted by Gasteiger charge is -2.14. The number of nitrogens with one attached hydrogen (secondary N) is 1. The summed E-state index contributed by atoms with van der Waals surface area (Å²) in [5, 5.41) is 2.97. The number of rotatable bonds is 2. The van der Waals surface area contributed by atoms with Gasteiger partial charge in [-0.2, -0.15) is 0 Å². The third-order valence-electron chi connectivity index (χ3n) is 2.23. The third kappa shape index (κ3) is 2.27. The Morgan fingerprint density at radius 2 is 2.33 bits per heavy atom. The van der Waals surface area contributed by atoms with Crippen molar-refractivity contribution >= 4 is 18.4 Å². The van der Waals surface area contributed by atoms with Gasteiger partial charge in [0.2, 0.25) is 0 Å². The van der Waals surface area contributed by atoms with Crippen LogP contribution in [0.1, 0.15) is 11.7 Å². The second kappa shape index (κ2) is 4.28. The second-order valence-electron chi connectivity index (χ2n) is 3.16. The van der Waals surface area contributed by atoms with Gasteiger partial charge in [0.1, 0.15) is 11.9 Å². The minimum Gasteiger partial charge on any atom is -0.321 e. The minimum atomic E-state index is -2.38. The van der Waals surface area contributed by atoms with E-state index in [1.54, 1.807) is 18.2 Å². The maximum absolute atomic E-state index is 13.4. The first-order valence-electron chi connectivity index (χ1n) is 4.48. The highest BCUT2D eigenvalue weighted by Gasteiger charge is 2.33. The van der Waals surface area contributed by atoms with Crippen LogP contribution in [-0.4, -0.2) is 13.7 Å². The molecule has 1 aliphatic heterocycles. The van der Waals surface area contributed by atoms with Crippen LogP contribution >= 0.6 is 6.64 Å². The monoisotopic (exact) mass is 247 g/mol. The molecule has 0 spiro atoms. The average Bonchev–Trinajstić information content (AvgIpc) is 2.63. The highest BCUT2D eigenvalue weighted by atomic mass is 32.5. The molecule has 6 heteroatoms. The molecule has 0 aromatic heterocycles. The summed E-state index contributed by atoms with van der Waals surface area (Å²) >= 11 is 5.12. The molecule has 0 aliphatic carbocycles. The van der Waals surface area contributed by atoms with Gasteiger partial charge in [0.15, 0.2) is 0 Å². The quantitative estimate of drug-likeness (QED) is 0.813. The van der Waals surface area contributed by atoms with Crippen molar-refractivity contribution in [3.8, 4) is 0 Å². The normalized spacial score (nSPS) is 30.7. The van der Waals surface area contributed by atoms with Crippen molar-refractivity contribution in [2.75, 3.05) is 13.7 Å². The van der Waals surface area contributed by atoms with Crippen molar-refractivity contribution in [3.63, 3.8) is 0 Å². The first-order chi connectivity index (χ1) is 7.14. The van der Waals surface area contributed by atoms with Crippen LogP contribution in [0, 0.1) is 5.82 Å². The molecule has 1 saturated heterocycles. The summed E-state index contributed by atoms with van der Waals surface area (Å²) in [7, 11) is 1.50. The van der Waals surface area contributed by atoms with Crippen molar-refractivity contribution in [1.29, 1.82) is 0 Å². The van der Waals surface area contributed by atoms with E-state index >= 15 is 0 Å². The van der Waals surface area contributed by atoms with E-state index in [-0.39, 0.29) is 11.9 Å². The highest BCUT2D eigenvalue weighted by Crippen LogP contribution is 2.52. The van der Waals surface area contributed by atoms with Crippen LogP contribution in [0.15, 0.2) is 24.3 Å². The predicted molar refractivity (Wildman–Crippen MR) is 59.5 cm³/mol. The van der Waals surface area contributed by atoms with Crippen LogP contribution < -0.4 is 5.09 Å². The van der Waals surface area contributed by atoms with Crippen LogP contribution in [0.25, 0.3) is 0 Å². The van der Waals surface area contributed by atoms with Gasteiger partial charge >= 0.3 is 0 Å². The number of halogens is 1. The van der Waals surface area contributed by atoms with Gasteiger partial charge < -0.3 is 9.05 Å². The third-order valence-corrected chi connectivity index (χ3v) is 4.90. The molecule has 0 radical (unpaired) electrons. The fourth-order valence-corrected chi connectivity index (χ4v) is 3.18. The SMILES string of the molecule is COP1(=S)NCC(c2ccccc2F)O1. The topological polar surface area (TPSA) is 30.5 Å². The van der Waals surface area contributed by atoms with E-state index in [0.29, 0.717) is 12.1 Å². The van der Waals surface area contributed by atoms with Crippen LogP contribution in [0.3, 0.4) is 0 Å². The van der Waals surface area contributed by atoms with Crippen LogP contribution in [0.2, 0.25) is 0 Å². The van der Waals surface area contributed by atoms with Gasteiger partial charge in [-0.1, -0.05) is 18.2 Å². The summed E-state index contributed by atoms with van der Waals surface area (Å²) < 4.78 is 24.0. The molecule has 3 nitrogen and oxygen atoms in total. The lowest BCUT2D eigenvalue weighted by atomic mass is 10.1. The van der Waals surface area contributed by atoms with Crippen LogP contribution in [-0.2, 0) is 20.9 Å². The zero-order chi connectivity index (χ0) is 10.9. The van der Waals surface area contributed by atoms with E-state index in [4.69, 9.17) is 20.9 Å². The predicted octanol–water partition coefficient (Wildman–Crippen LogP) is 2.36. The maximum Gasteiger partial charge on any atom is 0.261 e. The Kier molecular flexibility index (Phi) is 3.19. The summed E-state index contributed by atoms with van der Waals surface area (Å²) in [5.41, 5.74) is 0.522. The van der Waals surface area contributed by atoms with Gasteiger partial charge in [-0.25, -0.2) is 9.48 Å². The summed E-state index contributed by atoms with van der Waals surface area (Å²) in [6.45, 7) is -1.88. The van der Waals surface area contributed by atoms with E-state index in [1.807, 2.05) is 0 Å². The lowest BCUT2D eigenvalue weighted by Crippen LogP contribution is -2.07. The smallest absolute Gasteiger partial charge is 0.261 e. The molecule has 2 unspecified atom stereocenters. The number of benzene rings is 1. The first kappa shape index (κ1) is 11.2. The van der Waals surface area contributed by atoms with Gasteiger partial charge in [-0.05, 0) is 17.9 Å². The molecule has 82 valence electrons. The zero-order valence-electron chi connectivity index (χ0n) is 8.14. The molecule has 1 aromatic carbocycles. The number of hydrogen-bond acceptors (Lipinski definition) is 3. The Labute approximate surface area is 92.8 Å². The standard InChI is InChI=1S/C9H11FNO2PS/c1-12-14(15)11-6-9(13-14)7-4-2-3-5-8(7)10/h2-5,9H,6H2,1H3,(H,11,15). The minimum absolute atomic E-state index is 0.274. The molecule has 1 heterocycles. The fraction of sp³-hybridized carbons (Fsp3) is 0.333. The number of hydrogen-bond donors (Lipinski definition) is 1. The second-order valence-corrected chi connectivity index (χ2v) is 6.49. The molecule has 0 bridgehead atoms. The van der Waals surface area contributed by atoms with Crippen molar-refractivity contribution in [3.05, 3.63) is 35.6 Å². The summed E-state index contributed by atoms with van der Waals surface area (Å²) in [4.78, 5) is 0. The van der Waals surface area contributed by atoms with Crippen molar-refractivity contribution < 1.29 is 13.4 Å². The molecule has 2 rings (SSSR count). The molecule has 1 N–H and O–H groups in total. The molecular weight excluding hydrogens is 236 g/mol. The Hall–Kier alpha value is -0.320. The van der Waals surface area contributed by atoms with Gasteiger partial charge in [0.25, 0.3) is 6.64 Å². The average molecular weight is 247 g/mol. The molecule has 1 aromatic rings. The van der Waals surface area contributed by atoms with Gasteiger partial charge in [-0.15, -0.1) is 0 Å². The largest absolute Gasteiger partial charge is 0.321 e.